The zero-order chi connectivity index (χ0) is 34.6. The second-order valence-electron chi connectivity index (χ2n) is 13.6. The van der Waals surface area contributed by atoms with E-state index >= 15 is 0 Å². The van der Waals surface area contributed by atoms with Crippen LogP contribution >= 0.6 is 0 Å². The molecule has 1 unspecified atom stereocenters. The van der Waals surface area contributed by atoms with Gasteiger partial charge in [0.2, 0.25) is 5.75 Å². The van der Waals surface area contributed by atoms with Gasteiger partial charge >= 0.3 is 5.69 Å². The molecule has 0 saturated carbocycles. The van der Waals surface area contributed by atoms with Crippen molar-refractivity contribution in [2.45, 2.75) is 53.0 Å². The summed E-state index contributed by atoms with van der Waals surface area (Å²) in [4.78, 5) is 31.1. The first-order valence-corrected chi connectivity index (χ1v) is 15.8. The Balaban J connectivity index is 1.22. The van der Waals surface area contributed by atoms with Crippen LogP contribution in [-0.4, -0.2) is 69.1 Å². The summed E-state index contributed by atoms with van der Waals surface area (Å²) in [5.41, 5.74) is 0.242. The molecule has 12 nitrogen and oxygen atoms in total. The fraction of sp³-hybridized carbons (Fsp3) is 0.444. The highest BCUT2D eigenvalue weighted by atomic mass is 16.6. The molecule has 12 heteroatoms. The predicted octanol–water partition coefficient (Wildman–Crippen LogP) is 7.63. The number of methoxy groups -OCH3 is 3. The smallest absolute Gasteiger partial charge is 0.315 e. The molecule has 3 aromatic rings. The van der Waals surface area contributed by atoms with Crippen molar-refractivity contribution < 1.29 is 38.1 Å². The Morgan fingerprint density at radius 2 is 1.48 bits per heavy atom. The maximum absolute atomic E-state index is 13.2. The van der Waals surface area contributed by atoms with E-state index in [9.17, 15) is 14.9 Å². The highest BCUT2D eigenvalue weighted by Gasteiger charge is 2.34. The van der Waals surface area contributed by atoms with Gasteiger partial charge in [0.15, 0.2) is 23.0 Å². The predicted molar refractivity (Wildman–Crippen MR) is 181 cm³/mol. The van der Waals surface area contributed by atoms with Crippen LogP contribution in [0.4, 0.5) is 11.4 Å². The number of amides is 1. The average molecular weight is 662 g/mol. The van der Waals surface area contributed by atoms with E-state index < -0.39 is 4.92 Å². The molecular weight excluding hydrogens is 618 g/mol. The second kappa shape index (κ2) is 14.0. The number of aliphatic imine (C=N–C) groups is 1. The lowest BCUT2D eigenvalue weighted by molar-refractivity contribution is -0.385. The van der Waals surface area contributed by atoms with Crippen LogP contribution in [-0.2, 0) is 0 Å². The van der Waals surface area contributed by atoms with Gasteiger partial charge in [-0.05, 0) is 60.4 Å². The zero-order valence-corrected chi connectivity index (χ0v) is 28.5. The van der Waals surface area contributed by atoms with E-state index in [4.69, 9.17) is 28.4 Å². The first-order chi connectivity index (χ1) is 22.8. The van der Waals surface area contributed by atoms with Crippen molar-refractivity contribution in [3.05, 3.63) is 64.2 Å². The summed E-state index contributed by atoms with van der Waals surface area (Å²) < 4.78 is 34.4. The lowest BCUT2D eigenvalue weighted by atomic mass is 9.76. The van der Waals surface area contributed by atoms with Crippen molar-refractivity contribution in [2.75, 3.05) is 41.1 Å². The Labute approximate surface area is 280 Å². The number of fused-ring (bicyclic) bond motifs is 2. The summed E-state index contributed by atoms with van der Waals surface area (Å²) >= 11 is 0. The topological polar surface area (TPSA) is 131 Å². The number of nitrogens with zero attached hydrogens (tertiary/aromatic N) is 3. The van der Waals surface area contributed by atoms with Crippen LogP contribution in [0, 0.1) is 20.9 Å². The van der Waals surface area contributed by atoms with Gasteiger partial charge in [0, 0.05) is 24.9 Å². The van der Waals surface area contributed by atoms with Gasteiger partial charge in [0.1, 0.15) is 11.5 Å². The minimum absolute atomic E-state index is 0.0186. The largest absolute Gasteiger partial charge is 0.493 e. The molecule has 0 radical (unpaired) electrons. The first kappa shape index (κ1) is 34.3. The number of nitro benzene ring substituents is 1. The normalized spacial score (nSPS) is 15.7. The quantitative estimate of drug-likeness (QED) is 0.126. The molecule has 2 aliphatic rings. The van der Waals surface area contributed by atoms with Gasteiger partial charge in [0.25, 0.3) is 5.91 Å². The van der Waals surface area contributed by atoms with E-state index in [1.54, 1.807) is 43.5 Å². The Bertz CT molecular complexity index is 1700. The van der Waals surface area contributed by atoms with Crippen molar-refractivity contribution in [1.29, 1.82) is 0 Å². The third kappa shape index (κ3) is 7.75. The molecule has 2 heterocycles. The van der Waals surface area contributed by atoms with Gasteiger partial charge < -0.3 is 33.3 Å². The van der Waals surface area contributed by atoms with Crippen LogP contribution in [0.15, 0.2) is 53.5 Å². The summed E-state index contributed by atoms with van der Waals surface area (Å²) in [6, 6.07) is 13.0. The van der Waals surface area contributed by atoms with Crippen LogP contribution in [0.2, 0.25) is 0 Å². The van der Waals surface area contributed by atoms with Crippen molar-refractivity contribution in [1.82, 2.24) is 4.90 Å². The molecule has 1 amide bonds. The molecule has 5 rings (SSSR count). The standard InChI is InChI=1S/C36H43N3O9/c1-35(2,21-46-24-10-12-29(28(15-24)39(41)42)48-25-11-13-30(43-5)31(16-25)44-6)20-36(3,4)22-47-33-18-27-26(17-32(33)45-7)34(40)38-14-8-9-23(38)19-37-27/h10-13,15-19,23H,8-9,14,20-22H2,1-7H3. The molecule has 0 N–H and O–H groups in total. The van der Waals surface area contributed by atoms with Crippen LogP contribution in [0.5, 0.6) is 40.2 Å². The number of carbonyl (C=O) groups is 1. The molecule has 1 fully saturated rings. The summed E-state index contributed by atoms with van der Waals surface area (Å²) in [7, 11) is 4.58. The molecule has 256 valence electrons. The fourth-order valence-electron chi connectivity index (χ4n) is 6.39. The van der Waals surface area contributed by atoms with Crippen molar-refractivity contribution >= 4 is 23.5 Å². The average Bonchev–Trinajstić information content (AvgIpc) is 3.49. The number of nitro groups is 1. The highest BCUT2D eigenvalue weighted by molar-refractivity contribution is 6.03. The molecule has 48 heavy (non-hydrogen) atoms. The first-order valence-electron chi connectivity index (χ1n) is 15.8. The third-order valence-corrected chi connectivity index (χ3v) is 8.37. The van der Waals surface area contributed by atoms with Gasteiger partial charge in [-0.15, -0.1) is 0 Å². The van der Waals surface area contributed by atoms with Crippen LogP contribution < -0.4 is 28.4 Å². The monoisotopic (exact) mass is 661 g/mol. The number of ether oxygens (including phenoxy) is 6. The molecule has 2 aliphatic heterocycles. The van der Waals surface area contributed by atoms with E-state index in [-0.39, 0.29) is 34.2 Å². The second-order valence-corrected chi connectivity index (χ2v) is 13.6. The van der Waals surface area contributed by atoms with Gasteiger partial charge in [-0.2, -0.15) is 0 Å². The number of benzene rings is 3. The van der Waals surface area contributed by atoms with Crippen LogP contribution in [0.1, 0.15) is 57.3 Å². The summed E-state index contributed by atoms with van der Waals surface area (Å²) in [5, 5.41) is 11.9. The maximum Gasteiger partial charge on any atom is 0.315 e. The lowest BCUT2D eigenvalue weighted by Crippen LogP contribution is -2.35. The van der Waals surface area contributed by atoms with Gasteiger partial charge in [-0.3, -0.25) is 19.9 Å². The Kier molecular flexibility index (Phi) is 10.0. The van der Waals surface area contributed by atoms with E-state index in [0.717, 1.165) is 19.4 Å². The van der Waals surface area contributed by atoms with E-state index in [0.29, 0.717) is 65.4 Å². The fourth-order valence-corrected chi connectivity index (χ4v) is 6.39. The SMILES string of the molecule is COc1ccc(Oc2ccc(OCC(C)(C)CC(C)(C)COc3cc4c(cc3OC)C(=O)N3CCCC3C=N4)cc2[N+](=O)[O-])cc1OC. The minimum Gasteiger partial charge on any atom is -0.493 e. The van der Waals surface area contributed by atoms with Crippen LogP contribution in [0.3, 0.4) is 0 Å². The van der Waals surface area contributed by atoms with E-state index in [1.807, 2.05) is 11.1 Å². The minimum atomic E-state index is -0.504. The molecule has 0 spiro atoms. The Morgan fingerprint density at radius 3 is 2.17 bits per heavy atom. The lowest BCUT2D eigenvalue weighted by Gasteiger charge is -2.34. The molecule has 1 saturated heterocycles. The molecule has 3 aromatic carbocycles. The number of hydrogen-bond acceptors (Lipinski definition) is 10. The molecule has 0 aromatic heterocycles. The number of rotatable bonds is 14. The van der Waals surface area contributed by atoms with Crippen LogP contribution in [0.25, 0.3) is 0 Å². The van der Waals surface area contributed by atoms with Gasteiger partial charge in [-0.1, -0.05) is 27.7 Å². The van der Waals surface area contributed by atoms with Gasteiger partial charge in [-0.25, -0.2) is 0 Å². The number of carbonyl (C=O) groups excluding carboxylic acids is 1. The van der Waals surface area contributed by atoms with E-state index in [1.165, 1.54) is 26.4 Å². The molecule has 0 bridgehead atoms. The zero-order valence-electron chi connectivity index (χ0n) is 28.5. The maximum atomic E-state index is 13.2. The number of hydrogen-bond donors (Lipinski definition) is 0. The Morgan fingerprint density at radius 1 is 0.833 bits per heavy atom. The van der Waals surface area contributed by atoms with Crippen molar-refractivity contribution in [3.63, 3.8) is 0 Å². The third-order valence-electron chi connectivity index (χ3n) is 8.37. The van der Waals surface area contributed by atoms with E-state index in [2.05, 4.69) is 32.7 Å². The van der Waals surface area contributed by atoms with Crippen molar-refractivity contribution in [2.24, 2.45) is 15.8 Å². The summed E-state index contributed by atoms with van der Waals surface area (Å²) in [6.07, 6.45) is 4.44. The highest BCUT2D eigenvalue weighted by Crippen LogP contribution is 2.42. The van der Waals surface area contributed by atoms with Crippen molar-refractivity contribution in [3.8, 4) is 40.2 Å². The molecule has 0 aliphatic carbocycles. The summed E-state index contributed by atoms with van der Waals surface area (Å²) in [6.45, 7) is 9.75. The molecular formula is C36H43N3O9. The van der Waals surface area contributed by atoms with Gasteiger partial charge in [0.05, 0.1) is 62.8 Å². The summed E-state index contributed by atoms with van der Waals surface area (Å²) in [5.74, 6) is 2.71. The Hall–Kier alpha value is -5.00. The molecule has 1 atom stereocenters.